The van der Waals surface area contributed by atoms with E-state index in [0.29, 0.717) is 5.92 Å². The summed E-state index contributed by atoms with van der Waals surface area (Å²) >= 11 is 3.50. The van der Waals surface area contributed by atoms with Gasteiger partial charge in [-0.25, -0.2) is 4.98 Å². The standard InChI is InChI=1S/C14H17BrN4/c1-18-13(3-7-17-18)11-4-8-19(9-5-11)14-10-12(15)2-6-16-14/h2-3,6-7,10-11H,4-5,8-9H2,1H3. The van der Waals surface area contributed by atoms with Crippen molar-refractivity contribution in [1.29, 1.82) is 0 Å². The van der Waals surface area contributed by atoms with Gasteiger partial charge in [-0.1, -0.05) is 15.9 Å². The van der Waals surface area contributed by atoms with Crippen LogP contribution in [0.15, 0.2) is 35.1 Å². The average Bonchev–Trinajstić information content (AvgIpc) is 2.85. The topological polar surface area (TPSA) is 34.0 Å². The van der Waals surface area contributed by atoms with E-state index in [0.717, 1.165) is 36.2 Å². The van der Waals surface area contributed by atoms with E-state index in [1.165, 1.54) is 5.69 Å². The molecule has 3 rings (SSSR count). The predicted octanol–water partition coefficient (Wildman–Crippen LogP) is 2.96. The van der Waals surface area contributed by atoms with E-state index in [-0.39, 0.29) is 0 Å². The first-order chi connectivity index (χ1) is 9.24. The summed E-state index contributed by atoms with van der Waals surface area (Å²) in [6, 6.07) is 6.19. The zero-order valence-electron chi connectivity index (χ0n) is 11.0. The van der Waals surface area contributed by atoms with Gasteiger partial charge in [0.25, 0.3) is 0 Å². The molecule has 1 fully saturated rings. The van der Waals surface area contributed by atoms with Crippen LogP contribution in [0.4, 0.5) is 5.82 Å². The number of pyridine rings is 1. The zero-order valence-corrected chi connectivity index (χ0v) is 12.5. The Morgan fingerprint density at radius 2 is 2.00 bits per heavy atom. The SMILES string of the molecule is Cn1nccc1C1CCN(c2cc(Br)ccn2)CC1. The van der Waals surface area contributed by atoms with Gasteiger partial charge in [0.1, 0.15) is 5.82 Å². The van der Waals surface area contributed by atoms with E-state index < -0.39 is 0 Å². The Bertz CT molecular complexity index is 558. The highest BCUT2D eigenvalue weighted by molar-refractivity contribution is 9.10. The van der Waals surface area contributed by atoms with Gasteiger partial charge >= 0.3 is 0 Å². The molecular formula is C14H17BrN4. The third-order valence-corrected chi connectivity index (χ3v) is 4.30. The molecule has 100 valence electrons. The summed E-state index contributed by atoms with van der Waals surface area (Å²) in [5.74, 6) is 1.69. The first-order valence-electron chi connectivity index (χ1n) is 6.58. The first kappa shape index (κ1) is 12.7. The van der Waals surface area contributed by atoms with Crippen molar-refractivity contribution in [1.82, 2.24) is 14.8 Å². The van der Waals surface area contributed by atoms with Crippen LogP contribution >= 0.6 is 15.9 Å². The van der Waals surface area contributed by atoms with E-state index in [4.69, 9.17) is 0 Å². The molecule has 0 aromatic carbocycles. The second-order valence-corrected chi connectivity index (χ2v) is 5.89. The molecule has 0 unspecified atom stereocenters. The highest BCUT2D eigenvalue weighted by Crippen LogP contribution is 2.29. The summed E-state index contributed by atoms with van der Waals surface area (Å²) < 4.78 is 3.09. The quantitative estimate of drug-likeness (QED) is 0.853. The number of piperidine rings is 1. The van der Waals surface area contributed by atoms with Crippen LogP contribution in [-0.2, 0) is 7.05 Å². The Hall–Kier alpha value is -1.36. The van der Waals surface area contributed by atoms with Crippen molar-refractivity contribution in [3.63, 3.8) is 0 Å². The van der Waals surface area contributed by atoms with Gasteiger partial charge in [-0.05, 0) is 31.0 Å². The van der Waals surface area contributed by atoms with Crippen LogP contribution in [0.2, 0.25) is 0 Å². The summed E-state index contributed by atoms with van der Waals surface area (Å²) in [5.41, 5.74) is 1.35. The van der Waals surface area contributed by atoms with E-state index in [2.05, 4.69) is 43.0 Å². The Morgan fingerprint density at radius 1 is 1.21 bits per heavy atom. The molecule has 0 amide bonds. The molecule has 1 saturated heterocycles. The number of hydrogen-bond donors (Lipinski definition) is 0. The first-order valence-corrected chi connectivity index (χ1v) is 7.38. The molecule has 3 heterocycles. The highest BCUT2D eigenvalue weighted by atomic mass is 79.9. The third-order valence-electron chi connectivity index (χ3n) is 3.80. The Kier molecular flexibility index (Phi) is 3.55. The van der Waals surface area contributed by atoms with Crippen LogP contribution < -0.4 is 4.90 Å². The van der Waals surface area contributed by atoms with Gasteiger partial charge in [0.15, 0.2) is 0 Å². The zero-order chi connectivity index (χ0) is 13.2. The van der Waals surface area contributed by atoms with Crippen LogP contribution in [0.1, 0.15) is 24.5 Å². The minimum Gasteiger partial charge on any atom is -0.357 e. The van der Waals surface area contributed by atoms with Gasteiger partial charge in [-0.15, -0.1) is 0 Å². The fourth-order valence-electron chi connectivity index (χ4n) is 2.76. The molecule has 5 heteroatoms. The summed E-state index contributed by atoms with van der Waals surface area (Å²) in [5, 5.41) is 4.27. The lowest BCUT2D eigenvalue weighted by Gasteiger charge is -2.32. The van der Waals surface area contributed by atoms with Crippen LogP contribution in [-0.4, -0.2) is 27.9 Å². The fraction of sp³-hybridized carbons (Fsp3) is 0.429. The van der Waals surface area contributed by atoms with E-state index in [9.17, 15) is 0 Å². The molecule has 0 saturated carbocycles. The fourth-order valence-corrected chi connectivity index (χ4v) is 3.08. The number of anilines is 1. The number of nitrogens with zero attached hydrogens (tertiary/aromatic N) is 4. The van der Waals surface area contributed by atoms with Crippen LogP contribution in [0, 0.1) is 0 Å². The molecule has 2 aromatic rings. The molecule has 0 aliphatic carbocycles. The van der Waals surface area contributed by atoms with Gasteiger partial charge in [0, 0.05) is 48.6 Å². The molecule has 2 aromatic heterocycles. The summed E-state index contributed by atoms with van der Waals surface area (Å²) in [6.07, 6.45) is 6.06. The average molecular weight is 321 g/mol. The molecule has 0 atom stereocenters. The summed E-state index contributed by atoms with van der Waals surface area (Å²) in [4.78, 5) is 6.81. The molecule has 0 N–H and O–H groups in total. The Balaban J connectivity index is 1.68. The molecular weight excluding hydrogens is 304 g/mol. The van der Waals surface area contributed by atoms with Crippen LogP contribution in [0.3, 0.4) is 0 Å². The van der Waals surface area contributed by atoms with Gasteiger partial charge in [0.05, 0.1) is 0 Å². The minimum atomic E-state index is 0.621. The molecule has 0 radical (unpaired) electrons. The van der Waals surface area contributed by atoms with E-state index in [1.54, 1.807) is 0 Å². The van der Waals surface area contributed by atoms with Crippen molar-refractivity contribution < 1.29 is 0 Å². The molecule has 0 bridgehead atoms. The second-order valence-electron chi connectivity index (χ2n) is 4.97. The Morgan fingerprint density at radius 3 is 2.63 bits per heavy atom. The highest BCUT2D eigenvalue weighted by Gasteiger charge is 2.23. The minimum absolute atomic E-state index is 0.621. The lowest BCUT2D eigenvalue weighted by molar-refractivity contribution is 0.475. The predicted molar refractivity (Wildman–Crippen MR) is 79.3 cm³/mol. The number of rotatable bonds is 2. The maximum atomic E-state index is 4.45. The largest absolute Gasteiger partial charge is 0.357 e. The Labute approximate surface area is 121 Å². The number of hydrogen-bond acceptors (Lipinski definition) is 3. The second kappa shape index (κ2) is 5.33. The number of aryl methyl sites for hydroxylation is 1. The van der Waals surface area contributed by atoms with Gasteiger partial charge < -0.3 is 4.90 Å². The summed E-state index contributed by atoms with van der Waals surface area (Å²) in [6.45, 7) is 2.11. The monoisotopic (exact) mass is 320 g/mol. The van der Waals surface area contributed by atoms with Crippen molar-refractivity contribution in [2.24, 2.45) is 7.05 Å². The maximum Gasteiger partial charge on any atom is 0.129 e. The van der Waals surface area contributed by atoms with Gasteiger partial charge in [0.2, 0.25) is 0 Å². The van der Waals surface area contributed by atoms with Crippen molar-refractivity contribution in [2.45, 2.75) is 18.8 Å². The molecule has 0 spiro atoms. The van der Waals surface area contributed by atoms with E-state index in [1.807, 2.05) is 30.2 Å². The smallest absolute Gasteiger partial charge is 0.129 e. The summed E-state index contributed by atoms with van der Waals surface area (Å²) in [7, 11) is 2.03. The van der Waals surface area contributed by atoms with Gasteiger partial charge in [-0.2, -0.15) is 5.10 Å². The third kappa shape index (κ3) is 2.66. The van der Waals surface area contributed by atoms with Crippen molar-refractivity contribution >= 4 is 21.7 Å². The van der Waals surface area contributed by atoms with Gasteiger partial charge in [-0.3, -0.25) is 4.68 Å². The lowest BCUT2D eigenvalue weighted by atomic mass is 9.93. The van der Waals surface area contributed by atoms with Crippen LogP contribution in [0.5, 0.6) is 0 Å². The maximum absolute atomic E-state index is 4.45. The van der Waals surface area contributed by atoms with Crippen molar-refractivity contribution in [3.05, 3.63) is 40.8 Å². The van der Waals surface area contributed by atoms with Crippen molar-refractivity contribution in [2.75, 3.05) is 18.0 Å². The number of aromatic nitrogens is 3. The van der Waals surface area contributed by atoms with Crippen LogP contribution in [0.25, 0.3) is 0 Å². The molecule has 4 nitrogen and oxygen atoms in total. The molecule has 19 heavy (non-hydrogen) atoms. The normalized spacial score (nSPS) is 16.8. The number of halogens is 1. The molecule has 1 aliphatic rings. The van der Waals surface area contributed by atoms with Crippen molar-refractivity contribution in [3.8, 4) is 0 Å². The van der Waals surface area contributed by atoms with E-state index >= 15 is 0 Å². The lowest BCUT2D eigenvalue weighted by Crippen LogP contribution is -2.33. The molecule has 1 aliphatic heterocycles.